The number of nitrogens with one attached hydrogen (secondary N) is 1. The summed E-state index contributed by atoms with van der Waals surface area (Å²) in [6, 6.07) is 15.8. The molecule has 21 heavy (non-hydrogen) atoms. The summed E-state index contributed by atoms with van der Waals surface area (Å²) >= 11 is 0. The van der Waals surface area contributed by atoms with Crippen LogP contribution in [0.2, 0.25) is 0 Å². The third-order valence-electron chi connectivity index (χ3n) is 3.50. The van der Waals surface area contributed by atoms with Crippen molar-refractivity contribution in [1.29, 1.82) is 0 Å². The number of ether oxygens (including phenoxy) is 1. The van der Waals surface area contributed by atoms with Crippen molar-refractivity contribution in [3.05, 3.63) is 65.2 Å². The lowest BCUT2D eigenvalue weighted by Crippen LogP contribution is -2.28. The average Bonchev–Trinajstić information content (AvgIpc) is 2.48. The fourth-order valence-electron chi connectivity index (χ4n) is 2.35. The maximum atomic E-state index is 12.1. The average molecular weight is 283 g/mol. The van der Waals surface area contributed by atoms with Crippen molar-refractivity contribution in [1.82, 2.24) is 5.32 Å². The molecule has 2 rings (SSSR count). The Balaban J connectivity index is 1.97. The van der Waals surface area contributed by atoms with Crippen LogP contribution in [0.15, 0.2) is 48.5 Å². The van der Waals surface area contributed by atoms with Crippen molar-refractivity contribution < 1.29 is 9.53 Å². The Morgan fingerprint density at radius 1 is 1.19 bits per heavy atom. The van der Waals surface area contributed by atoms with Gasteiger partial charge >= 0.3 is 0 Å². The molecule has 1 amide bonds. The molecule has 1 unspecified atom stereocenters. The number of carbonyl (C=O) groups is 1. The first-order chi connectivity index (χ1) is 10.1. The van der Waals surface area contributed by atoms with E-state index >= 15 is 0 Å². The second kappa shape index (κ2) is 6.93. The first-order valence-corrected chi connectivity index (χ1v) is 7.08. The second-order valence-corrected chi connectivity index (χ2v) is 5.18. The number of carbonyl (C=O) groups excluding carboxylic acids is 1. The largest absolute Gasteiger partial charge is 0.496 e. The summed E-state index contributed by atoms with van der Waals surface area (Å²) < 4.78 is 5.23. The van der Waals surface area contributed by atoms with Gasteiger partial charge in [-0.2, -0.15) is 0 Å². The van der Waals surface area contributed by atoms with E-state index in [0.717, 1.165) is 22.4 Å². The van der Waals surface area contributed by atoms with Crippen LogP contribution in [0.1, 0.15) is 29.7 Å². The van der Waals surface area contributed by atoms with Gasteiger partial charge in [-0.3, -0.25) is 4.79 Å². The molecule has 1 N–H and O–H groups in total. The van der Waals surface area contributed by atoms with Gasteiger partial charge in [-0.15, -0.1) is 0 Å². The van der Waals surface area contributed by atoms with Gasteiger partial charge in [-0.05, 0) is 36.6 Å². The Morgan fingerprint density at radius 3 is 2.52 bits per heavy atom. The van der Waals surface area contributed by atoms with E-state index < -0.39 is 0 Å². The third kappa shape index (κ3) is 4.09. The Labute approximate surface area is 126 Å². The van der Waals surface area contributed by atoms with E-state index in [-0.39, 0.29) is 11.9 Å². The zero-order valence-electron chi connectivity index (χ0n) is 12.7. The van der Waals surface area contributed by atoms with Crippen molar-refractivity contribution in [2.24, 2.45) is 0 Å². The fraction of sp³-hybridized carbons (Fsp3) is 0.278. The van der Waals surface area contributed by atoms with Crippen molar-refractivity contribution in [3.8, 4) is 5.75 Å². The molecule has 0 bridgehead atoms. The Kier molecular flexibility index (Phi) is 4.99. The molecule has 0 saturated carbocycles. The molecule has 3 heteroatoms. The highest BCUT2D eigenvalue weighted by Crippen LogP contribution is 2.19. The van der Waals surface area contributed by atoms with Crippen molar-refractivity contribution in [2.45, 2.75) is 26.3 Å². The highest BCUT2D eigenvalue weighted by Gasteiger charge is 2.10. The van der Waals surface area contributed by atoms with E-state index in [2.05, 4.69) is 5.32 Å². The molecule has 1 atom stereocenters. The molecule has 2 aromatic rings. The van der Waals surface area contributed by atoms with Crippen LogP contribution in [0.3, 0.4) is 0 Å². The molecule has 0 radical (unpaired) electrons. The summed E-state index contributed by atoms with van der Waals surface area (Å²) in [6.07, 6.45) is 0.377. The number of rotatable bonds is 5. The minimum atomic E-state index is 0.0121. The summed E-state index contributed by atoms with van der Waals surface area (Å²) in [5.74, 6) is 0.868. The highest BCUT2D eigenvalue weighted by atomic mass is 16.5. The molecular formula is C18H21NO2. The lowest BCUT2D eigenvalue weighted by atomic mass is 10.1. The van der Waals surface area contributed by atoms with E-state index in [1.54, 1.807) is 7.11 Å². The maximum absolute atomic E-state index is 12.1. The summed E-state index contributed by atoms with van der Waals surface area (Å²) in [6.45, 7) is 3.97. The van der Waals surface area contributed by atoms with Gasteiger partial charge in [0.05, 0.1) is 19.6 Å². The zero-order valence-corrected chi connectivity index (χ0v) is 12.7. The number of benzene rings is 2. The fourth-order valence-corrected chi connectivity index (χ4v) is 2.35. The molecule has 0 aliphatic rings. The van der Waals surface area contributed by atoms with E-state index in [0.29, 0.717) is 6.42 Å². The molecule has 0 fully saturated rings. The monoisotopic (exact) mass is 283 g/mol. The zero-order chi connectivity index (χ0) is 15.2. The van der Waals surface area contributed by atoms with Gasteiger partial charge in [0.1, 0.15) is 5.75 Å². The first kappa shape index (κ1) is 15.1. The summed E-state index contributed by atoms with van der Waals surface area (Å²) in [4.78, 5) is 12.1. The Hall–Kier alpha value is -2.29. The van der Waals surface area contributed by atoms with Gasteiger partial charge < -0.3 is 10.1 Å². The molecule has 0 aliphatic heterocycles. The minimum absolute atomic E-state index is 0.0121. The molecule has 0 aliphatic carbocycles. The quantitative estimate of drug-likeness (QED) is 0.913. The smallest absolute Gasteiger partial charge is 0.224 e. The number of methoxy groups -OCH3 is 1. The molecule has 3 nitrogen and oxygen atoms in total. The van der Waals surface area contributed by atoms with Crippen LogP contribution >= 0.6 is 0 Å². The van der Waals surface area contributed by atoms with Crippen LogP contribution in [0.5, 0.6) is 5.75 Å². The SMILES string of the molecule is COc1ccc(CC(=O)NC(C)c2ccccc2)cc1C. The van der Waals surface area contributed by atoms with Crippen molar-refractivity contribution in [3.63, 3.8) is 0 Å². The van der Waals surface area contributed by atoms with Gasteiger partial charge in [0.2, 0.25) is 5.91 Å². The molecule has 0 saturated heterocycles. The van der Waals surface area contributed by atoms with Crippen LogP contribution in [-0.2, 0) is 11.2 Å². The lowest BCUT2D eigenvalue weighted by Gasteiger charge is -2.14. The topological polar surface area (TPSA) is 38.3 Å². The molecule has 0 spiro atoms. The number of hydrogen-bond donors (Lipinski definition) is 1. The maximum Gasteiger partial charge on any atom is 0.224 e. The number of aryl methyl sites for hydroxylation is 1. The van der Waals surface area contributed by atoms with Gasteiger partial charge in [-0.1, -0.05) is 42.5 Å². The molecule has 2 aromatic carbocycles. The van der Waals surface area contributed by atoms with Gasteiger partial charge in [0.15, 0.2) is 0 Å². The number of amides is 1. The first-order valence-electron chi connectivity index (χ1n) is 7.08. The molecular weight excluding hydrogens is 262 g/mol. The standard InChI is InChI=1S/C18H21NO2/c1-13-11-15(9-10-17(13)21-3)12-18(20)19-14(2)16-7-5-4-6-8-16/h4-11,14H,12H2,1-3H3,(H,19,20). The summed E-state index contributed by atoms with van der Waals surface area (Å²) in [7, 11) is 1.65. The van der Waals surface area contributed by atoms with E-state index in [1.807, 2.05) is 62.4 Å². The number of hydrogen-bond acceptors (Lipinski definition) is 2. The second-order valence-electron chi connectivity index (χ2n) is 5.18. The van der Waals surface area contributed by atoms with Crippen LogP contribution in [0.25, 0.3) is 0 Å². The minimum Gasteiger partial charge on any atom is -0.496 e. The lowest BCUT2D eigenvalue weighted by molar-refractivity contribution is -0.121. The third-order valence-corrected chi connectivity index (χ3v) is 3.50. The van der Waals surface area contributed by atoms with Gasteiger partial charge in [0, 0.05) is 0 Å². The van der Waals surface area contributed by atoms with Gasteiger partial charge in [-0.25, -0.2) is 0 Å². The normalized spacial score (nSPS) is 11.8. The van der Waals surface area contributed by atoms with Crippen LogP contribution in [0, 0.1) is 6.92 Å². The van der Waals surface area contributed by atoms with E-state index in [9.17, 15) is 4.79 Å². The molecule has 0 aromatic heterocycles. The van der Waals surface area contributed by atoms with Crippen LogP contribution in [-0.4, -0.2) is 13.0 Å². The van der Waals surface area contributed by atoms with Crippen molar-refractivity contribution in [2.75, 3.05) is 7.11 Å². The van der Waals surface area contributed by atoms with Crippen molar-refractivity contribution >= 4 is 5.91 Å². The van der Waals surface area contributed by atoms with Crippen LogP contribution < -0.4 is 10.1 Å². The van der Waals surface area contributed by atoms with Crippen LogP contribution in [0.4, 0.5) is 0 Å². The summed E-state index contributed by atoms with van der Waals surface area (Å²) in [5, 5.41) is 3.02. The highest BCUT2D eigenvalue weighted by molar-refractivity contribution is 5.79. The summed E-state index contributed by atoms with van der Waals surface area (Å²) in [5.41, 5.74) is 3.14. The predicted octanol–water partition coefficient (Wildman–Crippen LogP) is 3.42. The Bertz CT molecular complexity index is 608. The van der Waals surface area contributed by atoms with Gasteiger partial charge in [0.25, 0.3) is 0 Å². The predicted molar refractivity (Wildman–Crippen MR) is 84.4 cm³/mol. The van der Waals surface area contributed by atoms with E-state index in [4.69, 9.17) is 4.74 Å². The Morgan fingerprint density at radius 2 is 1.90 bits per heavy atom. The molecule has 0 heterocycles. The van der Waals surface area contributed by atoms with E-state index in [1.165, 1.54) is 0 Å². The molecule has 110 valence electrons.